The van der Waals surface area contributed by atoms with Crippen LogP contribution >= 0.6 is 14.3 Å². The fourth-order valence-electron chi connectivity index (χ4n) is 4.98. The summed E-state index contributed by atoms with van der Waals surface area (Å²) in [6.45, 7) is 0. The van der Waals surface area contributed by atoms with Gasteiger partial charge in [-0.2, -0.15) is 4.73 Å². The largest absolute Gasteiger partial charge is 0.618 e. The molecule has 0 radical (unpaired) electrons. The fourth-order valence-corrected chi connectivity index (χ4v) is 10.5. The summed E-state index contributed by atoms with van der Waals surface area (Å²) in [4.78, 5) is 0. The lowest BCUT2D eigenvalue weighted by molar-refractivity contribution is -0.620. The van der Waals surface area contributed by atoms with Crippen LogP contribution < -0.4 is 15.3 Å². The number of pyridine rings is 1. The van der Waals surface area contributed by atoms with Crippen molar-refractivity contribution < 1.29 is 13.9 Å². The Kier molecular flexibility index (Phi) is 8.27. The predicted molar refractivity (Wildman–Crippen MR) is 160 cm³/mol. The van der Waals surface area contributed by atoms with E-state index in [0.29, 0.717) is 23.7 Å². The van der Waals surface area contributed by atoms with Gasteiger partial charge in [-0.15, -0.1) is 0 Å². The van der Waals surface area contributed by atoms with Crippen molar-refractivity contribution in [2.75, 3.05) is 0 Å². The van der Waals surface area contributed by atoms with Crippen LogP contribution in [0.4, 0.5) is 0 Å². The summed E-state index contributed by atoms with van der Waals surface area (Å²) in [6.07, 6.45) is 0.965. The average Bonchev–Trinajstić information content (AvgIpc) is 2.97. The fraction of sp³-hybridized carbons (Fsp3) is 0.121. The van der Waals surface area contributed by atoms with E-state index in [4.69, 9.17) is 0 Å². The zero-order valence-corrected chi connectivity index (χ0v) is 23.5. The lowest BCUT2D eigenvalue weighted by atomic mass is 10.2. The van der Waals surface area contributed by atoms with Crippen LogP contribution in [0.25, 0.3) is 0 Å². The Morgan fingerprint density at radius 1 is 0.436 bits per heavy atom. The minimum atomic E-state index is -3.02. The molecule has 0 saturated heterocycles. The zero-order valence-electron chi connectivity index (χ0n) is 21.7. The molecule has 196 valence electrons. The van der Waals surface area contributed by atoms with Gasteiger partial charge >= 0.3 is 0 Å². The van der Waals surface area contributed by atoms with Gasteiger partial charge in [-0.05, 0) is 17.2 Å². The average molecular weight is 552 g/mol. The maximum atomic E-state index is 14.6. The lowest BCUT2D eigenvalue weighted by Gasteiger charge is -2.21. The Hall–Kier alpha value is -3.71. The Balaban J connectivity index is 1.50. The molecule has 0 N–H and O–H groups in total. The van der Waals surface area contributed by atoms with Crippen molar-refractivity contribution in [3.8, 4) is 0 Å². The number of hydrogen-bond donors (Lipinski definition) is 0. The Bertz CT molecular complexity index is 1490. The van der Waals surface area contributed by atoms with Gasteiger partial charge < -0.3 is 14.3 Å². The third-order valence-electron chi connectivity index (χ3n) is 6.95. The van der Waals surface area contributed by atoms with Gasteiger partial charge in [-0.1, -0.05) is 121 Å². The Labute approximate surface area is 230 Å². The second-order valence-electron chi connectivity index (χ2n) is 9.86. The number of aromatic nitrogens is 1. The summed E-state index contributed by atoms with van der Waals surface area (Å²) in [7, 11) is -6.03. The molecule has 2 unspecified atom stereocenters. The van der Waals surface area contributed by atoms with E-state index in [1.54, 1.807) is 12.1 Å². The molecule has 1 heterocycles. The molecule has 5 rings (SSSR count). The van der Waals surface area contributed by atoms with Crippen LogP contribution in [0.5, 0.6) is 0 Å². The molecular weight excluding hydrogens is 520 g/mol. The maximum Gasteiger partial charge on any atom is 0.200 e. The molecule has 0 amide bonds. The van der Waals surface area contributed by atoms with Crippen molar-refractivity contribution in [3.05, 3.63) is 167 Å². The van der Waals surface area contributed by atoms with Crippen molar-refractivity contribution in [1.29, 1.82) is 0 Å². The topological polar surface area (TPSA) is 61.1 Å². The van der Waals surface area contributed by atoms with Crippen LogP contribution in [0.2, 0.25) is 0 Å². The summed E-state index contributed by atoms with van der Waals surface area (Å²) in [5.74, 6) is 0. The highest BCUT2D eigenvalue weighted by Crippen LogP contribution is 2.52. The molecule has 0 bridgehead atoms. The van der Waals surface area contributed by atoms with E-state index in [0.717, 1.165) is 26.5 Å². The summed E-state index contributed by atoms with van der Waals surface area (Å²) >= 11 is 0. The molecule has 4 aromatic carbocycles. The highest BCUT2D eigenvalue weighted by Gasteiger charge is 2.32. The summed E-state index contributed by atoms with van der Waals surface area (Å²) in [5.41, 5.74) is 2.79. The smallest absolute Gasteiger partial charge is 0.200 e. The van der Waals surface area contributed by atoms with Crippen LogP contribution in [0.15, 0.2) is 140 Å². The van der Waals surface area contributed by atoms with Crippen molar-refractivity contribution in [3.63, 3.8) is 0 Å². The van der Waals surface area contributed by atoms with E-state index in [-0.39, 0.29) is 12.3 Å². The second kappa shape index (κ2) is 12.0. The van der Waals surface area contributed by atoms with E-state index < -0.39 is 14.3 Å². The number of nitrogens with zero attached hydrogens (tertiary/aromatic N) is 1. The highest BCUT2D eigenvalue weighted by atomic mass is 31.2. The van der Waals surface area contributed by atoms with Gasteiger partial charge in [0.15, 0.2) is 0 Å². The first-order chi connectivity index (χ1) is 19.0. The molecule has 0 fully saturated rings. The third kappa shape index (κ3) is 6.48. The molecule has 6 heteroatoms. The molecule has 0 aliphatic heterocycles. The first kappa shape index (κ1) is 26.9. The van der Waals surface area contributed by atoms with Crippen LogP contribution in [-0.2, 0) is 33.8 Å². The SMILES string of the molecule is O=P(Cc1ccccc1)(Cc1cccc(CP(=O)(Cc2ccccc2)c2ccccc2)[n+]1[O-])c1ccccc1. The van der Waals surface area contributed by atoms with E-state index >= 15 is 0 Å². The van der Waals surface area contributed by atoms with E-state index in [1.807, 2.05) is 127 Å². The molecule has 1 aromatic heterocycles. The minimum Gasteiger partial charge on any atom is -0.618 e. The number of hydrogen-bond acceptors (Lipinski definition) is 3. The number of rotatable bonds is 10. The van der Waals surface area contributed by atoms with Gasteiger partial charge in [0.25, 0.3) is 0 Å². The summed E-state index contributed by atoms with van der Waals surface area (Å²) in [5, 5.41) is 15.3. The van der Waals surface area contributed by atoms with Gasteiger partial charge in [0.05, 0.1) is 12.3 Å². The molecular formula is C33H31NO3P2. The van der Waals surface area contributed by atoms with Crippen LogP contribution in [0, 0.1) is 5.21 Å². The van der Waals surface area contributed by atoms with Gasteiger partial charge in [0, 0.05) is 35.1 Å². The zero-order chi connectivity index (χ0) is 27.1. The first-order valence-corrected chi connectivity index (χ1v) is 17.2. The monoisotopic (exact) mass is 551 g/mol. The van der Waals surface area contributed by atoms with Crippen molar-refractivity contribution >= 4 is 24.9 Å². The van der Waals surface area contributed by atoms with Gasteiger partial charge in [-0.3, -0.25) is 0 Å². The molecule has 2 atom stereocenters. The molecule has 0 aliphatic rings. The van der Waals surface area contributed by atoms with Crippen molar-refractivity contribution in [2.45, 2.75) is 24.6 Å². The Morgan fingerprint density at radius 3 is 1.13 bits per heavy atom. The van der Waals surface area contributed by atoms with E-state index in [1.165, 1.54) is 0 Å². The standard InChI is InChI=1S/C33H31NO3P2/c35-34-30(26-38(36,32-20-9-3-10-21-32)24-28-14-5-1-6-15-28)18-13-19-31(34)27-39(37,33-22-11-4-12-23-33)25-29-16-7-2-8-17-29/h1-23H,24-27H2. The molecule has 5 aromatic rings. The summed E-state index contributed by atoms with van der Waals surface area (Å²) in [6, 6.07) is 43.7. The van der Waals surface area contributed by atoms with Gasteiger partial charge in [0.2, 0.25) is 11.4 Å². The molecule has 4 nitrogen and oxygen atoms in total. The van der Waals surface area contributed by atoms with Gasteiger partial charge in [0.1, 0.15) is 14.3 Å². The quantitative estimate of drug-likeness (QED) is 0.106. The highest BCUT2D eigenvalue weighted by molar-refractivity contribution is 7.70. The third-order valence-corrected chi connectivity index (χ3v) is 12.8. The molecule has 39 heavy (non-hydrogen) atoms. The molecule has 0 saturated carbocycles. The van der Waals surface area contributed by atoms with Crippen LogP contribution in [-0.4, -0.2) is 0 Å². The van der Waals surface area contributed by atoms with Gasteiger partial charge in [-0.25, -0.2) is 0 Å². The normalized spacial score (nSPS) is 14.3. The summed E-state index contributed by atoms with van der Waals surface area (Å²) < 4.78 is 30.0. The van der Waals surface area contributed by atoms with Crippen LogP contribution in [0.1, 0.15) is 22.5 Å². The lowest BCUT2D eigenvalue weighted by Crippen LogP contribution is -2.37. The Morgan fingerprint density at radius 2 is 0.769 bits per heavy atom. The maximum absolute atomic E-state index is 14.6. The van der Waals surface area contributed by atoms with Crippen molar-refractivity contribution in [1.82, 2.24) is 0 Å². The van der Waals surface area contributed by atoms with E-state index in [9.17, 15) is 14.3 Å². The van der Waals surface area contributed by atoms with Crippen molar-refractivity contribution in [2.24, 2.45) is 0 Å². The molecule has 0 spiro atoms. The number of benzene rings is 4. The van der Waals surface area contributed by atoms with Crippen LogP contribution in [0.3, 0.4) is 0 Å². The first-order valence-electron chi connectivity index (χ1n) is 13.0. The minimum absolute atomic E-state index is 0.123. The predicted octanol–water partition coefficient (Wildman–Crippen LogP) is 7.10. The second-order valence-corrected chi connectivity index (χ2v) is 15.7. The van der Waals surface area contributed by atoms with E-state index in [2.05, 4.69) is 0 Å². The molecule has 0 aliphatic carbocycles.